The molecule has 0 aromatic heterocycles. The number of aliphatic hydroxyl groups excluding tert-OH is 5. The van der Waals surface area contributed by atoms with Crippen LogP contribution in [-0.4, -0.2) is 68.8 Å². The molecule has 0 spiro atoms. The van der Waals surface area contributed by atoms with Crippen LogP contribution in [0.2, 0.25) is 0 Å². The fourth-order valence-electron chi connectivity index (χ4n) is 1.09. The Morgan fingerprint density at radius 2 is 1.46 bits per heavy atom. The second kappa shape index (κ2) is 5.48. The van der Waals surface area contributed by atoms with E-state index >= 15 is 0 Å². The third-order valence-electron chi connectivity index (χ3n) is 2.10. The Bertz CT molecular complexity index is 129. The molecule has 0 aromatic carbocycles. The van der Waals surface area contributed by atoms with Gasteiger partial charge in [-0.15, -0.1) is 0 Å². The van der Waals surface area contributed by atoms with Crippen LogP contribution in [-0.2, 0) is 0 Å². The summed E-state index contributed by atoms with van der Waals surface area (Å²) in [5.41, 5.74) is -1.39. The molecule has 0 fully saturated rings. The summed E-state index contributed by atoms with van der Waals surface area (Å²) in [6.07, 6.45) is -1.06. The smallest absolute Gasteiger partial charge is 0.107 e. The first-order valence-corrected chi connectivity index (χ1v) is 3.96. The lowest BCUT2D eigenvalue weighted by molar-refractivity contribution is -0.149. The lowest BCUT2D eigenvalue weighted by atomic mass is 10.0. The van der Waals surface area contributed by atoms with Crippen LogP contribution in [0.4, 0.5) is 0 Å². The summed E-state index contributed by atoms with van der Waals surface area (Å²) in [7, 11) is 0. The Hall–Kier alpha value is -0.240. The largest absolute Gasteiger partial charge is 0.394 e. The summed E-state index contributed by atoms with van der Waals surface area (Å²) in [6, 6.07) is 0. The summed E-state index contributed by atoms with van der Waals surface area (Å²) in [5, 5.41) is 44.9. The van der Waals surface area contributed by atoms with E-state index in [-0.39, 0.29) is 0 Å². The maximum absolute atomic E-state index is 9.17. The molecule has 0 bridgehead atoms. The van der Waals surface area contributed by atoms with Gasteiger partial charge in [0.1, 0.15) is 6.23 Å². The fourth-order valence-corrected chi connectivity index (χ4v) is 1.09. The van der Waals surface area contributed by atoms with Gasteiger partial charge in [0, 0.05) is 0 Å². The SMILES string of the molecule is CC(O)N(CO)C(CO)(CO)CO. The van der Waals surface area contributed by atoms with E-state index in [9.17, 15) is 5.11 Å². The molecule has 0 radical (unpaired) electrons. The zero-order valence-electron chi connectivity index (χ0n) is 7.59. The average Bonchev–Trinajstić information content (AvgIpc) is 2.13. The molecule has 5 N–H and O–H groups in total. The van der Waals surface area contributed by atoms with E-state index in [0.29, 0.717) is 0 Å². The molecular formula is C7H17NO5. The quantitative estimate of drug-likeness (QED) is 0.295. The molecule has 0 saturated carbocycles. The molecule has 6 nitrogen and oxygen atoms in total. The third-order valence-corrected chi connectivity index (χ3v) is 2.10. The molecule has 0 aliphatic rings. The number of aliphatic hydroxyl groups is 5. The van der Waals surface area contributed by atoms with Crippen LogP contribution in [0.5, 0.6) is 0 Å². The minimum atomic E-state index is -1.39. The highest BCUT2D eigenvalue weighted by Gasteiger charge is 2.37. The first-order chi connectivity index (χ1) is 6.07. The normalized spacial score (nSPS) is 15.0. The minimum absolute atomic E-state index is 0.550. The topological polar surface area (TPSA) is 104 Å². The molecular weight excluding hydrogens is 178 g/mol. The van der Waals surface area contributed by atoms with Crippen LogP contribution in [0, 0.1) is 0 Å². The molecule has 0 rings (SSSR count). The van der Waals surface area contributed by atoms with Gasteiger partial charge in [-0.05, 0) is 6.92 Å². The Morgan fingerprint density at radius 3 is 1.54 bits per heavy atom. The van der Waals surface area contributed by atoms with Crippen LogP contribution in [0.25, 0.3) is 0 Å². The lowest BCUT2D eigenvalue weighted by Gasteiger charge is -2.40. The highest BCUT2D eigenvalue weighted by Crippen LogP contribution is 2.15. The van der Waals surface area contributed by atoms with Gasteiger partial charge >= 0.3 is 0 Å². The molecule has 13 heavy (non-hydrogen) atoms. The van der Waals surface area contributed by atoms with Gasteiger partial charge in [0.15, 0.2) is 0 Å². The highest BCUT2D eigenvalue weighted by atomic mass is 16.3. The molecule has 1 atom stereocenters. The van der Waals surface area contributed by atoms with Crippen molar-refractivity contribution in [2.24, 2.45) is 0 Å². The maximum atomic E-state index is 9.17. The molecule has 0 aromatic rings. The van der Waals surface area contributed by atoms with Crippen molar-refractivity contribution < 1.29 is 25.5 Å². The molecule has 0 amide bonds. The van der Waals surface area contributed by atoms with E-state index in [0.717, 1.165) is 4.90 Å². The van der Waals surface area contributed by atoms with Crippen LogP contribution in [0.15, 0.2) is 0 Å². The van der Waals surface area contributed by atoms with Crippen molar-refractivity contribution in [3.63, 3.8) is 0 Å². The van der Waals surface area contributed by atoms with Crippen LogP contribution >= 0.6 is 0 Å². The van der Waals surface area contributed by atoms with Crippen molar-refractivity contribution in [2.45, 2.75) is 18.7 Å². The average molecular weight is 195 g/mol. The van der Waals surface area contributed by atoms with Gasteiger partial charge in [-0.1, -0.05) is 0 Å². The Kier molecular flexibility index (Phi) is 5.38. The second-order valence-electron chi connectivity index (χ2n) is 2.94. The van der Waals surface area contributed by atoms with E-state index in [1.54, 1.807) is 0 Å². The molecule has 0 heterocycles. The zero-order chi connectivity index (χ0) is 10.5. The number of rotatable bonds is 6. The molecule has 0 aliphatic heterocycles. The molecule has 80 valence electrons. The Balaban J connectivity index is 4.65. The highest BCUT2D eigenvalue weighted by molar-refractivity contribution is 4.88. The minimum Gasteiger partial charge on any atom is -0.394 e. The van der Waals surface area contributed by atoms with E-state index < -0.39 is 38.3 Å². The van der Waals surface area contributed by atoms with Gasteiger partial charge in [0.2, 0.25) is 0 Å². The van der Waals surface area contributed by atoms with Gasteiger partial charge in [-0.25, -0.2) is 4.90 Å². The number of nitrogens with zero attached hydrogens (tertiary/aromatic N) is 1. The van der Waals surface area contributed by atoms with Gasteiger partial charge in [0.05, 0.1) is 32.1 Å². The third kappa shape index (κ3) is 2.60. The predicted octanol–water partition coefficient (Wildman–Crippen LogP) is -2.71. The second-order valence-corrected chi connectivity index (χ2v) is 2.94. The van der Waals surface area contributed by atoms with Gasteiger partial charge in [0.25, 0.3) is 0 Å². The monoisotopic (exact) mass is 195 g/mol. The number of hydrogen-bond acceptors (Lipinski definition) is 6. The summed E-state index contributed by atoms with van der Waals surface area (Å²) in [5.74, 6) is 0. The predicted molar refractivity (Wildman–Crippen MR) is 44.6 cm³/mol. The molecule has 0 aliphatic carbocycles. The van der Waals surface area contributed by atoms with E-state index in [1.807, 2.05) is 0 Å². The van der Waals surface area contributed by atoms with Crippen molar-refractivity contribution in [3.05, 3.63) is 0 Å². The van der Waals surface area contributed by atoms with Crippen LogP contribution < -0.4 is 0 Å². The zero-order valence-corrected chi connectivity index (χ0v) is 7.59. The van der Waals surface area contributed by atoms with Crippen molar-refractivity contribution in [3.8, 4) is 0 Å². The van der Waals surface area contributed by atoms with Crippen molar-refractivity contribution in [1.29, 1.82) is 0 Å². The molecule has 1 unspecified atom stereocenters. The van der Waals surface area contributed by atoms with E-state index in [1.165, 1.54) is 6.92 Å². The number of hydrogen-bond donors (Lipinski definition) is 5. The first-order valence-electron chi connectivity index (χ1n) is 3.96. The van der Waals surface area contributed by atoms with Crippen molar-refractivity contribution in [2.75, 3.05) is 26.6 Å². The van der Waals surface area contributed by atoms with Gasteiger partial charge in [-0.2, -0.15) is 0 Å². The van der Waals surface area contributed by atoms with Gasteiger partial charge < -0.3 is 25.5 Å². The van der Waals surface area contributed by atoms with E-state index in [2.05, 4.69) is 0 Å². The maximum Gasteiger partial charge on any atom is 0.107 e. The Morgan fingerprint density at radius 1 is 1.08 bits per heavy atom. The van der Waals surface area contributed by atoms with Crippen molar-refractivity contribution in [1.82, 2.24) is 4.90 Å². The standard InChI is InChI=1S/C7H17NO5/c1-6(13)8(5-12)7(2-9,3-10)4-11/h6,9-13H,2-5H2,1H3. The fraction of sp³-hybridized carbons (Fsp3) is 1.00. The molecule has 6 heteroatoms. The summed E-state index contributed by atoms with van der Waals surface area (Å²) in [6.45, 7) is -0.840. The first kappa shape index (κ1) is 12.8. The Labute approximate surface area is 76.7 Å². The summed E-state index contributed by atoms with van der Waals surface area (Å²) >= 11 is 0. The molecule has 0 saturated heterocycles. The lowest BCUT2D eigenvalue weighted by Crippen LogP contribution is -2.60. The van der Waals surface area contributed by atoms with Crippen LogP contribution in [0.3, 0.4) is 0 Å². The summed E-state index contributed by atoms with van der Waals surface area (Å²) in [4.78, 5) is 1.01. The van der Waals surface area contributed by atoms with Crippen LogP contribution in [0.1, 0.15) is 6.92 Å². The summed E-state index contributed by atoms with van der Waals surface area (Å²) < 4.78 is 0. The van der Waals surface area contributed by atoms with Crippen molar-refractivity contribution >= 4 is 0 Å². The van der Waals surface area contributed by atoms with Gasteiger partial charge in [-0.3, -0.25) is 0 Å². The van der Waals surface area contributed by atoms with E-state index in [4.69, 9.17) is 20.4 Å².